The van der Waals surface area contributed by atoms with Crippen LogP contribution in [0.1, 0.15) is 23.2 Å². The van der Waals surface area contributed by atoms with E-state index in [-0.39, 0.29) is 11.7 Å². The maximum Gasteiger partial charge on any atom is 0.254 e. The van der Waals surface area contributed by atoms with Gasteiger partial charge in [0.25, 0.3) is 5.91 Å². The smallest absolute Gasteiger partial charge is 0.254 e. The standard InChI is InChI=1S/C23H26FN5O3/c1-31-12-11-26-22(30)18-6-5-16(13-19(18)24)28-23-27-14-15-3-2-4-20(21(15)29-23)32-17-7-9-25-10-8-17/h2-6,13-14,17,25H,7-12H2,1H3,(H,26,30)(H,27,28,29). The number of carbonyl (C=O) groups excluding carboxylic acids is 1. The van der Waals surface area contributed by atoms with Crippen molar-refractivity contribution in [3.63, 3.8) is 0 Å². The topological polar surface area (TPSA) is 97.4 Å². The summed E-state index contributed by atoms with van der Waals surface area (Å²) in [7, 11) is 1.53. The first-order valence-electron chi connectivity index (χ1n) is 10.6. The van der Waals surface area contributed by atoms with Gasteiger partial charge in [0, 0.05) is 30.9 Å². The number of rotatable bonds is 8. The molecule has 32 heavy (non-hydrogen) atoms. The Labute approximate surface area is 185 Å². The monoisotopic (exact) mass is 439 g/mol. The Balaban J connectivity index is 1.50. The highest BCUT2D eigenvalue weighted by Crippen LogP contribution is 2.27. The lowest BCUT2D eigenvalue weighted by molar-refractivity contribution is 0.0933. The minimum absolute atomic E-state index is 0.0382. The van der Waals surface area contributed by atoms with Crippen molar-refractivity contribution in [1.82, 2.24) is 20.6 Å². The summed E-state index contributed by atoms with van der Waals surface area (Å²) in [5.41, 5.74) is 1.09. The molecule has 0 radical (unpaired) electrons. The van der Waals surface area contributed by atoms with Gasteiger partial charge in [-0.25, -0.2) is 14.4 Å². The van der Waals surface area contributed by atoms with Crippen LogP contribution in [0.3, 0.4) is 0 Å². The maximum atomic E-state index is 14.5. The molecule has 1 aromatic heterocycles. The van der Waals surface area contributed by atoms with Gasteiger partial charge >= 0.3 is 0 Å². The van der Waals surface area contributed by atoms with E-state index in [2.05, 4.69) is 25.9 Å². The van der Waals surface area contributed by atoms with Gasteiger partial charge < -0.3 is 25.4 Å². The molecule has 0 bridgehead atoms. The number of carbonyl (C=O) groups is 1. The third-order valence-corrected chi connectivity index (χ3v) is 5.22. The van der Waals surface area contributed by atoms with Crippen LogP contribution >= 0.6 is 0 Å². The van der Waals surface area contributed by atoms with Crippen LogP contribution < -0.4 is 20.7 Å². The number of methoxy groups -OCH3 is 1. The Morgan fingerprint density at radius 2 is 2.09 bits per heavy atom. The van der Waals surface area contributed by atoms with E-state index in [0.717, 1.165) is 31.3 Å². The zero-order valence-electron chi connectivity index (χ0n) is 17.9. The highest BCUT2D eigenvalue weighted by Gasteiger charge is 2.17. The van der Waals surface area contributed by atoms with E-state index in [1.54, 1.807) is 12.3 Å². The summed E-state index contributed by atoms with van der Waals surface area (Å²) in [5.74, 6) is -0.113. The summed E-state index contributed by atoms with van der Waals surface area (Å²) < 4.78 is 25.6. The van der Waals surface area contributed by atoms with Gasteiger partial charge in [0.05, 0.1) is 12.2 Å². The van der Waals surface area contributed by atoms with E-state index in [1.165, 1.54) is 19.2 Å². The molecule has 0 saturated carbocycles. The van der Waals surface area contributed by atoms with E-state index in [1.807, 2.05) is 18.2 Å². The fourth-order valence-electron chi connectivity index (χ4n) is 3.54. The van der Waals surface area contributed by atoms with Gasteiger partial charge in [-0.1, -0.05) is 12.1 Å². The second-order valence-corrected chi connectivity index (χ2v) is 7.52. The molecular weight excluding hydrogens is 413 g/mol. The molecule has 0 aliphatic carbocycles. The number of halogens is 1. The van der Waals surface area contributed by atoms with Gasteiger partial charge in [-0.2, -0.15) is 0 Å². The quantitative estimate of drug-likeness (QED) is 0.464. The number of fused-ring (bicyclic) bond motifs is 1. The van der Waals surface area contributed by atoms with Gasteiger partial charge in [0.2, 0.25) is 5.95 Å². The molecule has 0 atom stereocenters. The first-order valence-corrected chi connectivity index (χ1v) is 10.6. The lowest BCUT2D eigenvalue weighted by atomic mass is 10.1. The fraction of sp³-hybridized carbons (Fsp3) is 0.348. The summed E-state index contributed by atoms with van der Waals surface area (Å²) in [6.45, 7) is 2.53. The summed E-state index contributed by atoms with van der Waals surface area (Å²) in [4.78, 5) is 21.0. The molecule has 1 saturated heterocycles. The average molecular weight is 439 g/mol. The summed E-state index contributed by atoms with van der Waals surface area (Å²) in [6, 6.07) is 10.0. The summed E-state index contributed by atoms with van der Waals surface area (Å²) >= 11 is 0. The number of hydrogen-bond donors (Lipinski definition) is 3. The van der Waals surface area contributed by atoms with E-state index < -0.39 is 11.7 Å². The van der Waals surface area contributed by atoms with Crippen molar-refractivity contribution < 1.29 is 18.7 Å². The van der Waals surface area contributed by atoms with Crippen molar-refractivity contribution in [2.45, 2.75) is 18.9 Å². The summed E-state index contributed by atoms with van der Waals surface area (Å²) in [6.07, 6.45) is 3.73. The first kappa shape index (κ1) is 21.9. The molecule has 3 aromatic rings. The molecule has 8 nitrogen and oxygen atoms in total. The third kappa shape index (κ3) is 5.30. The number of para-hydroxylation sites is 1. The Hall–Kier alpha value is -3.30. The number of piperidine rings is 1. The number of ether oxygens (including phenoxy) is 2. The predicted molar refractivity (Wildman–Crippen MR) is 120 cm³/mol. The normalized spacial score (nSPS) is 14.3. The molecule has 2 aromatic carbocycles. The van der Waals surface area contributed by atoms with Crippen LogP contribution in [0.25, 0.3) is 10.9 Å². The number of aromatic nitrogens is 2. The molecule has 168 valence electrons. The van der Waals surface area contributed by atoms with Crippen molar-refractivity contribution in [1.29, 1.82) is 0 Å². The minimum Gasteiger partial charge on any atom is -0.488 e. The number of anilines is 2. The zero-order chi connectivity index (χ0) is 22.3. The van der Waals surface area contributed by atoms with Crippen LogP contribution in [-0.4, -0.2) is 55.3 Å². The van der Waals surface area contributed by atoms with Crippen molar-refractivity contribution in [3.05, 3.63) is 54.0 Å². The Morgan fingerprint density at radius 3 is 2.88 bits per heavy atom. The van der Waals surface area contributed by atoms with Gasteiger partial charge in [0.15, 0.2) is 0 Å². The van der Waals surface area contributed by atoms with Gasteiger partial charge in [-0.05, 0) is 50.2 Å². The van der Waals surface area contributed by atoms with Crippen LogP contribution in [-0.2, 0) is 4.74 Å². The first-order chi connectivity index (χ1) is 15.6. The largest absolute Gasteiger partial charge is 0.488 e. The maximum absolute atomic E-state index is 14.5. The molecular formula is C23H26FN5O3. The van der Waals surface area contributed by atoms with Gasteiger partial charge in [0.1, 0.15) is 23.2 Å². The average Bonchev–Trinajstić information content (AvgIpc) is 2.80. The molecule has 0 spiro atoms. The molecule has 1 aliphatic heterocycles. The van der Waals surface area contributed by atoms with E-state index in [0.29, 0.717) is 36.1 Å². The Kier molecular flexibility index (Phi) is 7.08. The molecule has 2 heterocycles. The van der Waals surface area contributed by atoms with Crippen molar-refractivity contribution in [2.75, 3.05) is 38.7 Å². The van der Waals surface area contributed by atoms with E-state index >= 15 is 0 Å². The molecule has 1 fully saturated rings. The van der Waals surface area contributed by atoms with Gasteiger partial charge in [-0.15, -0.1) is 0 Å². The van der Waals surface area contributed by atoms with Crippen molar-refractivity contribution in [2.24, 2.45) is 0 Å². The van der Waals surface area contributed by atoms with Crippen LogP contribution in [0.15, 0.2) is 42.6 Å². The van der Waals surface area contributed by atoms with Gasteiger partial charge in [-0.3, -0.25) is 4.79 Å². The number of nitrogens with zero attached hydrogens (tertiary/aromatic N) is 2. The molecule has 1 amide bonds. The Bertz CT molecular complexity index is 1090. The minimum atomic E-state index is -0.638. The number of hydrogen-bond acceptors (Lipinski definition) is 7. The van der Waals surface area contributed by atoms with Crippen molar-refractivity contribution in [3.8, 4) is 5.75 Å². The molecule has 9 heteroatoms. The second-order valence-electron chi connectivity index (χ2n) is 7.52. The second kappa shape index (κ2) is 10.3. The van der Waals surface area contributed by atoms with Crippen LogP contribution in [0.4, 0.5) is 16.0 Å². The highest BCUT2D eigenvalue weighted by molar-refractivity contribution is 5.95. The molecule has 0 unspecified atom stereocenters. The predicted octanol–water partition coefficient (Wildman–Crippen LogP) is 3.02. The lowest BCUT2D eigenvalue weighted by Crippen LogP contribution is -2.34. The number of benzene rings is 2. The molecule has 4 rings (SSSR count). The summed E-state index contributed by atoms with van der Waals surface area (Å²) in [5, 5.41) is 9.79. The van der Waals surface area contributed by atoms with Crippen LogP contribution in [0.2, 0.25) is 0 Å². The number of nitrogens with one attached hydrogen (secondary N) is 3. The van der Waals surface area contributed by atoms with Crippen LogP contribution in [0, 0.1) is 5.82 Å². The van der Waals surface area contributed by atoms with E-state index in [4.69, 9.17) is 9.47 Å². The fourth-order valence-corrected chi connectivity index (χ4v) is 3.54. The SMILES string of the molecule is COCCNC(=O)c1ccc(Nc2ncc3cccc(OC4CCNCC4)c3n2)cc1F. The van der Waals surface area contributed by atoms with E-state index in [9.17, 15) is 9.18 Å². The number of amides is 1. The molecule has 1 aliphatic rings. The van der Waals surface area contributed by atoms with Crippen LogP contribution in [0.5, 0.6) is 5.75 Å². The molecule has 3 N–H and O–H groups in total. The third-order valence-electron chi connectivity index (χ3n) is 5.22. The Morgan fingerprint density at radius 1 is 1.25 bits per heavy atom. The zero-order valence-corrected chi connectivity index (χ0v) is 17.9. The highest BCUT2D eigenvalue weighted by atomic mass is 19.1. The lowest BCUT2D eigenvalue weighted by Gasteiger charge is -2.24. The van der Waals surface area contributed by atoms with Crippen molar-refractivity contribution >= 4 is 28.4 Å².